The second kappa shape index (κ2) is 7.85. The van der Waals surface area contributed by atoms with E-state index in [4.69, 9.17) is 0 Å². The Labute approximate surface area is 174 Å². The van der Waals surface area contributed by atoms with E-state index in [1.165, 1.54) is 5.57 Å². The Balaban J connectivity index is 1.59. The summed E-state index contributed by atoms with van der Waals surface area (Å²) in [6.45, 7) is 2.83. The maximum Gasteiger partial charge on any atom is 0.243 e. The average molecular weight is 459 g/mol. The van der Waals surface area contributed by atoms with Gasteiger partial charge in [0.05, 0.1) is 4.90 Å². The van der Waals surface area contributed by atoms with Gasteiger partial charge in [0.1, 0.15) is 0 Å². The van der Waals surface area contributed by atoms with Crippen LogP contribution in [0.1, 0.15) is 24.0 Å². The average Bonchev–Trinajstić information content (AvgIpc) is 3.41. The van der Waals surface area contributed by atoms with Gasteiger partial charge in [0.15, 0.2) is 0 Å². The SMILES string of the molecule is Cc1ccc(S(=O)(=O)N(CC=C2CC2)CCc2c[nH]c3ccc(Br)cc23)cc1. The fraction of sp³-hybridized carbons (Fsp3) is 0.273. The van der Waals surface area contributed by atoms with Crippen molar-refractivity contribution in [1.82, 2.24) is 9.29 Å². The molecule has 0 bridgehead atoms. The van der Waals surface area contributed by atoms with E-state index in [1.807, 2.05) is 37.4 Å². The highest BCUT2D eigenvalue weighted by Crippen LogP contribution is 2.28. The van der Waals surface area contributed by atoms with Crippen LogP contribution in [0.3, 0.4) is 0 Å². The minimum atomic E-state index is -3.53. The van der Waals surface area contributed by atoms with Gasteiger partial charge in [-0.25, -0.2) is 8.42 Å². The highest BCUT2D eigenvalue weighted by molar-refractivity contribution is 9.10. The van der Waals surface area contributed by atoms with Gasteiger partial charge in [0.2, 0.25) is 10.0 Å². The number of aryl methyl sites for hydroxylation is 1. The minimum absolute atomic E-state index is 0.356. The van der Waals surface area contributed by atoms with Crippen LogP contribution in [0.25, 0.3) is 10.9 Å². The Morgan fingerprint density at radius 3 is 2.61 bits per heavy atom. The molecule has 146 valence electrons. The molecule has 1 aliphatic carbocycles. The number of aromatic nitrogens is 1. The zero-order valence-electron chi connectivity index (χ0n) is 15.8. The smallest absolute Gasteiger partial charge is 0.243 e. The fourth-order valence-electron chi connectivity index (χ4n) is 3.28. The van der Waals surface area contributed by atoms with Gasteiger partial charge in [-0.1, -0.05) is 45.3 Å². The number of aromatic amines is 1. The number of fused-ring (bicyclic) bond motifs is 1. The molecule has 4 nitrogen and oxygen atoms in total. The van der Waals surface area contributed by atoms with Gasteiger partial charge in [0.25, 0.3) is 0 Å². The van der Waals surface area contributed by atoms with E-state index < -0.39 is 10.0 Å². The van der Waals surface area contributed by atoms with Crippen molar-refractivity contribution in [2.75, 3.05) is 13.1 Å². The number of H-pyrrole nitrogens is 1. The molecule has 1 heterocycles. The molecule has 0 amide bonds. The summed E-state index contributed by atoms with van der Waals surface area (Å²) in [4.78, 5) is 3.63. The van der Waals surface area contributed by atoms with Crippen molar-refractivity contribution in [3.05, 3.63) is 75.9 Å². The largest absolute Gasteiger partial charge is 0.361 e. The third-order valence-electron chi connectivity index (χ3n) is 5.14. The van der Waals surface area contributed by atoms with Gasteiger partial charge in [-0.15, -0.1) is 0 Å². The summed E-state index contributed by atoms with van der Waals surface area (Å²) in [6.07, 6.45) is 6.89. The normalized spacial score (nSPS) is 14.0. The lowest BCUT2D eigenvalue weighted by molar-refractivity contribution is 0.445. The zero-order valence-corrected chi connectivity index (χ0v) is 18.2. The molecule has 2 aromatic carbocycles. The molecule has 1 N–H and O–H groups in total. The Morgan fingerprint density at radius 2 is 1.89 bits per heavy atom. The lowest BCUT2D eigenvalue weighted by Crippen LogP contribution is -2.33. The van der Waals surface area contributed by atoms with Crippen molar-refractivity contribution >= 4 is 36.9 Å². The Hall–Kier alpha value is -1.89. The minimum Gasteiger partial charge on any atom is -0.361 e. The molecule has 1 aromatic heterocycles. The number of halogens is 1. The molecule has 1 aliphatic rings. The van der Waals surface area contributed by atoms with E-state index in [0.717, 1.165) is 39.3 Å². The lowest BCUT2D eigenvalue weighted by atomic mass is 10.1. The molecule has 3 aromatic rings. The highest BCUT2D eigenvalue weighted by atomic mass is 79.9. The molecule has 0 atom stereocenters. The molecule has 1 fully saturated rings. The molecule has 0 unspecified atom stereocenters. The summed E-state index contributed by atoms with van der Waals surface area (Å²) < 4.78 is 29.1. The van der Waals surface area contributed by atoms with Crippen LogP contribution in [0.15, 0.2) is 69.7 Å². The molecule has 0 spiro atoms. The second-order valence-corrected chi connectivity index (χ2v) is 10.1. The van der Waals surface area contributed by atoms with E-state index in [9.17, 15) is 8.42 Å². The van der Waals surface area contributed by atoms with Crippen LogP contribution in [0.5, 0.6) is 0 Å². The van der Waals surface area contributed by atoms with Crippen LogP contribution in [0.2, 0.25) is 0 Å². The van der Waals surface area contributed by atoms with Crippen LogP contribution < -0.4 is 0 Å². The number of rotatable bonds is 7. The summed E-state index contributed by atoms with van der Waals surface area (Å²) in [7, 11) is -3.53. The van der Waals surface area contributed by atoms with Crippen molar-refractivity contribution < 1.29 is 8.42 Å². The quantitative estimate of drug-likeness (QED) is 0.495. The number of allylic oxidation sites excluding steroid dienone is 1. The molecule has 0 saturated heterocycles. The van der Waals surface area contributed by atoms with E-state index in [1.54, 1.807) is 16.4 Å². The maximum atomic E-state index is 13.2. The Bertz CT molecular complexity index is 1130. The zero-order chi connectivity index (χ0) is 19.7. The van der Waals surface area contributed by atoms with Crippen LogP contribution in [0.4, 0.5) is 0 Å². The summed E-state index contributed by atoms with van der Waals surface area (Å²) in [5.74, 6) is 0. The standard InChI is InChI=1S/C22H23BrN2O2S/c1-16-2-7-20(8-3-16)28(26,27)25(12-10-17-4-5-17)13-11-18-15-24-22-9-6-19(23)14-21(18)22/h2-3,6-10,14-15,24H,4-5,11-13H2,1H3. The summed E-state index contributed by atoms with van der Waals surface area (Å²) >= 11 is 3.52. The first-order valence-corrected chi connectivity index (χ1v) is 11.7. The van der Waals surface area contributed by atoms with Gasteiger partial charge >= 0.3 is 0 Å². The predicted molar refractivity (Wildman–Crippen MR) is 117 cm³/mol. The molecule has 4 rings (SSSR count). The number of hydrogen-bond acceptors (Lipinski definition) is 2. The molecule has 28 heavy (non-hydrogen) atoms. The fourth-order valence-corrected chi connectivity index (χ4v) is 5.02. The highest BCUT2D eigenvalue weighted by Gasteiger charge is 2.24. The molecule has 1 saturated carbocycles. The number of nitrogens with one attached hydrogen (secondary N) is 1. The van der Waals surface area contributed by atoms with Crippen LogP contribution in [-0.4, -0.2) is 30.8 Å². The third kappa shape index (κ3) is 4.24. The van der Waals surface area contributed by atoms with E-state index in [0.29, 0.717) is 24.4 Å². The first-order valence-electron chi connectivity index (χ1n) is 9.44. The topological polar surface area (TPSA) is 53.2 Å². The molecular formula is C22H23BrN2O2S. The van der Waals surface area contributed by atoms with Crippen LogP contribution >= 0.6 is 15.9 Å². The molecule has 6 heteroatoms. The van der Waals surface area contributed by atoms with Gasteiger partial charge in [-0.2, -0.15) is 4.31 Å². The predicted octanol–water partition coefficient (Wildman–Crippen LogP) is 5.19. The van der Waals surface area contributed by atoms with Crippen molar-refractivity contribution in [2.24, 2.45) is 0 Å². The Morgan fingerprint density at radius 1 is 1.14 bits per heavy atom. The maximum absolute atomic E-state index is 13.2. The number of hydrogen-bond donors (Lipinski definition) is 1. The van der Waals surface area contributed by atoms with Gasteiger partial charge in [0, 0.05) is 34.7 Å². The summed E-state index contributed by atoms with van der Waals surface area (Å²) in [5.41, 5.74) is 4.58. The third-order valence-corrected chi connectivity index (χ3v) is 7.51. The number of nitrogens with zero attached hydrogens (tertiary/aromatic N) is 1. The number of benzene rings is 2. The van der Waals surface area contributed by atoms with E-state index in [-0.39, 0.29) is 0 Å². The summed E-state index contributed by atoms with van der Waals surface area (Å²) in [5, 5.41) is 1.13. The lowest BCUT2D eigenvalue weighted by Gasteiger charge is -2.21. The van der Waals surface area contributed by atoms with Crippen molar-refractivity contribution in [1.29, 1.82) is 0 Å². The van der Waals surface area contributed by atoms with E-state index >= 15 is 0 Å². The first kappa shape index (κ1) is 19.4. The van der Waals surface area contributed by atoms with Crippen LogP contribution in [0, 0.1) is 6.92 Å². The van der Waals surface area contributed by atoms with Gasteiger partial charge in [-0.3, -0.25) is 0 Å². The Kier molecular flexibility index (Phi) is 5.45. The monoisotopic (exact) mass is 458 g/mol. The molecule has 0 aliphatic heterocycles. The second-order valence-electron chi connectivity index (χ2n) is 7.29. The molecular weight excluding hydrogens is 436 g/mol. The van der Waals surface area contributed by atoms with E-state index in [2.05, 4.69) is 33.1 Å². The first-order chi connectivity index (χ1) is 13.4. The van der Waals surface area contributed by atoms with Gasteiger partial charge in [-0.05, 0) is 62.1 Å². The van der Waals surface area contributed by atoms with Crippen molar-refractivity contribution in [3.8, 4) is 0 Å². The van der Waals surface area contributed by atoms with Crippen LogP contribution in [-0.2, 0) is 16.4 Å². The van der Waals surface area contributed by atoms with Crippen molar-refractivity contribution in [3.63, 3.8) is 0 Å². The van der Waals surface area contributed by atoms with Gasteiger partial charge < -0.3 is 4.98 Å². The van der Waals surface area contributed by atoms with Crippen molar-refractivity contribution in [2.45, 2.75) is 31.1 Å². The molecule has 0 radical (unpaired) electrons. The summed E-state index contributed by atoms with van der Waals surface area (Å²) in [6, 6.07) is 13.2. The number of sulfonamides is 1.